The van der Waals surface area contributed by atoms with E-state index in [0.717, 1.165) is 13.0 Å². The van der Waals surface area contributed by atoms with Crippen molar-refractivity contribution in [1.29, 1.82) is 0 Å². The lowest BCUT2D eigenvalue weighted by molar-refractivity contribution is -0.0309. The van der Waals surface area contributed by atoms with Gasteiger partial charge in [0.15, 0.2) is 0 Å². The highest BCUT2D eigenvalue weighted by Gasteiger charge is 2.34. The zero-order valence-electron chi connectivity index (χ0n) is 9.05. The first-order chi connectivity index (χ1) is 6.76. The maximum Gasteiger partial charge on any atom is 0.0911 e. The van der Waals surface area contributed by atoms with Gasteiger partial charge in [0, 0.05) is 0 Å². The summed E-state index contributed by atoms with van der Waals surface area (Å²) < 4.78 is 5.91. The fraction of sp³-hybridized carbons (Fsp3) is 0.538. The number of ether oxygens (including phenoxy) is 1. The molecule has 1 heteroatoms. The van der Waals surface area contributed by atoms with Gasteiger partial charge in [0.2, 0.25) is 0 Å². The summed E-state index contributed by atoms with van der Waals surface area (Å²) in [5.74, 6) is 0. The van der Waals surface area contributed by atoms with Crippen LogP contribution in [0, 0.1) is 0 Å². The predicted molar refractivity (Wildman–Crippen MR) is 58.1 cm³/mol. The number of fused-ring (bicyclic) bond motifs is 1. The third-order valence-electron chi connectivity index (χ3n) is 3.14. The summed E-state index contributed by atoms with van der Waals surface area (Å²) in [5, 5.41) is 0. The Kier molecular flexibility index (Phi) is 2.60. The van der Waals surface area contributed by atoms with Gasteiger partial charge in [0.25, 0.3) is 0 Å². The molecule has 0 saturated carbocycles. The van der Waals surface area contributed by atoms with Crippen molar-refractivity contribution < 1.29 is 4.74 Å². The van der Waals surface area contributed by atoms with Crippen LogP contribution in [0.2, 0.25) is 0 Å². The molecule has 14 heavy (non-hydrogen) atoms. The van der Waals surface area contributed by atoms with E-state index in [1.807, 2.05) is 0 Å². The Morgan fingerprint density at radius 1 is 1.36 bits per heavy atom. The summed E-state index contributed by atoms with van der Waals surface area (Å²) >= 11 is 0. The Bertz CT molecular complexity index is 319. The molecule has 0 spiro atoms. The summed E-state index contributed by atoms with van der Waals surface area (Å²) in [6.07, 6.45) is 3.62. The summed E-state index contributed by atoms with van der Waals surface area (Å²) in [7, 11) is 0. The molecule has 0 fully saturated rings. The number of unbranched alkanes of at least 4 members (excludes halogenated alkanes) is 1. The van der Waals surface area contributed by atoms with E-state index in [-0.39, 0.29) is 5.60 Å². The molecule has 2 rings (SSSR count). The first-order valence-corrected chi connectivity index (χ1v) is 5.48. The molecule has 1 nitrogen and oxygen atoms in total. The predicted octanol–water partition coefficient (Wildman–Crippen LogP) is 3.62. The summed E-state index contributed by atoms with van der Waals surface area (Å²) in [5.41, 5.74) is 2.74. The first kappa shape index (κ1) is 9.72. The van der Waals surface area contributed by atoms with Gasteiger partial charge in [-0.15, -0.1) is 0 Å². The van der Waals surface area contributed by atoms with Crippen LogP contribution in [0.5, 0.6) is 0 Å². The van der Waals surface area contributed by atoms with E-state index in [4.69, 9.17) is 4.74 Å². The summed E-state index contributed by atoms with van der Waals surface area (Å²) in [6, 6.07) is 8.58. The molecular weight excluding hydrogens is 172 g/mol. The van der Waals surface area contributed by atoms with Crippen molar-refractivity contribution in [2.75, 3.05) is 0 Å². The van der Waals surface area contributed by atoms with Gasteiger partial charge in [-0.2, -0.15) is 0 Å². The van der Waals surface area contributed by atoms with Gasteiger partial charge in [-0.3, -0.25) is 0 Å². The van der Waals surface area contributed by atoms with E-state index in [9.17, 15) is 0 Å². The molecule has 1 aromatic carbocycles. The maximum atomic E-state index is 5.91. The van der Waals surface area contributed by atoms with Crippen molar-refractivity contribution >= 4 is 0 Å². The molecule has 0 amide bonds. The lowest BCUT2D eigenvalue weighted by Crippen LogP contribution is -2.20. The third kappa shape index (κ3) is 1.57. The largest absolute Gasteiger partial charge is 0.366 e. The van der Waals surface area contributed by atoms with Crippen LogP contribution in [0.25, 0.3) is 0 Å². The Balaban J connectivity index is 2.23. The maximum absolute atomic E-state index is 5.91. The molecule has 1 aromatic rings. The van der Waals surface area contributed by atoms with Gasteiger partial charge >= 0.3 is 0 Å². The van der Waals surface area contributed by atoms with Crippen LogP contribution < -0.4 is 0 Å². The van der Waals surface area contributed by atoms with Crippen molar-refractivity contribution in [3.05, 3.63) is 35.4 Å². The van der Waals surface area contributed by atoms with E-state index >= 15 is 0 Å². The Morgan fingerprint density at radius 2 is 2.14 bits per heavy atom. The highest BCUT2D eigenvalue weighted by atomic mass is 16.5. The molecule has 0 aliphatic carbocycles. The first-order valence-electron chi connectivity index (χ1n) is 5.48. The molecule has 76 valence electrons. The minimum atomic E-state index is -0.0212. The fourth-order valence-corrected chi connectivity index (χ4v) is 2.20. The molecule has 0 aromatic heterocycles. The lowest BCUT2D eigenvalue weighted by atomic mass is 9.89. The summed E-state index contributed by atoms with van der Waals surface area (Å²) in [6.45, 7) is 5.23. The van der Waals surface area contributed by atoms with Crippen LogP contribution in [-0.2, 0) is 16.9 Å². The molecule has 1 unspecified atom stereocenters. The number of benzene rings is 1. The van der Waals surface area contributed by atoms with Crippen LogP contribution in [0.3, 0.4) is 0 Å². The molecule has 0 radical (unpaired) electrons. The number of hydrogen-bond donors (Lipinski definition) is 0. The molecular formula is C13H18O. The van der Waals surface area contributed by atoms with Crippen LogP contribution in [0.15, 0.2) is 24.3 Å². The molecule has 1 atom stereocenters. The standard InChI is InChI=1S/C13H18O/c1-3-4-9-13(2)12-8-6-5-7-11(12)10-14-13/h5-8H,3-4,9-10H2,1-2H3. The molecule has 1 aliphatic rings. The zero-order valence-corrected chi connectivity index (χ0v) is 9.05. The second kappa shape index (κ2) is 3.74. The van der Waals surface area contributed by atoms with Gasteiger partial charge in [0.05, 0.1) is 12.2 Å². The Labute approximate surface area is 86.1 Å². The highest BCUT2D eigenvalue weighted by molar-refractivity contribution is 5.34. The van der Waals surface area contributed by atoms with E-state index in [0.29, 0.717) is 0 Å². The van der Waals surface area contributed by atoms with E-state index in [1.165, 1.54) is 24.0 Å². The number of hydrogen-bond acceptors (Lipinski definition) is 1. The van der Waals surface area contributed by atoms with Crippen molar-refractivity contribution in [2.45, 2.75) is 45.3 Å². The van der Waals surface area contributed by atoms with Crippen molar-refractivity contribution in [3.63, 3.8) is 0 Å². The van der Waals surface area contributed by atoms with Crippen LogP contribution in [0.1, 0.15) is 44.2 Å². The van der Waals surface area contributed by atoms with E-state index < -0.39 is 0 Å². The average Bonchev–Trinajstić information content (AvgIpc) is 2.55. The van der Waals surface area contributed by atoms with Crippen molar-refractivity contribution in [1.82, 2.24) is 0 Å². The van der Waals surface area contributed by atoms with Gasteiger partial charge in [-0.1, -0.05) is 44.0 Å². The number of rotatable bonds is 3. The molecule has 0 bridgehead atoms. The third-order valence-corrected chi connectivity index (χ3v) is 3.14. The molecule has 1 heterocycles. The minimum Gasteiger partial charge on any atom is -0.366 e. The second-order valence-corrected chi connectivity index (χ2v) is 4.28. The van der Waals surface area contributed by atoms with E-state index in [2.05, 4.69) is 38.1 Å². The molecule has 0 saturated heterocycles. The Morgan fingerprint density at radius 3 is 2.93 bits per heavy atom. The van der Waals surface area contributed by atoms with Crippen molar-refractivity contribution in [3.8, 4) is 0 Å². The normalized spacial score (nSPS) is 25.0. The highest BCUT2D eigenvalue weighted by Crippen LogP contribution is 2.39. The molecule has 1 aliphatic heterocycles. The lowest BCUT2D eigenvalue weighted by Gasteiger charge is -2.24. The van der Waals surface area contributed by atoms with Gasteiger partial charge in [-0.05, 0) is 24.5 Å². The van der Waals surface area contributed by atoms with Crippen LogP contribution in [0.4, 0.5) is 0 Å². The monoisotopic (exact) mass is 190 g/mol. The SMILES string of the molecule is CCCCC1(C)OCc2ccccc21. The van der Waals surface area contributed by atoms with Crippen molar-refractivity contribution in [2.24, 2.45) is 0 Å². The quantitative estimate of drug-likeness (QED) is 0.707. The average molecular weight is 190 g/mol. The van der Waals surface area contributed by atoms with Gasteiger partial charge in [-0.25, -0.2) is 0 Å². The second-order valence-electron chi connectivity index (χ2n) is 4.28. The van der Waals surface area contributed by atoms with Gasteiger partial charge in [0.1, 0.15) is 0 Å². The smallest absolute Gasteiger partial charge is 0.0911 e. The van der Waals surface area contributed by atoms with E-state index in [1.54, 1.807) is 0 Å². The van der Waals surface area contributed by atoms with Crippen LogP contribution in [-0.4, -0.2) is 0 Å². The molecule has 0 N–H and O–H groups in total. The summed E-state index contributed by atoms with van der Waals surface area (Å²) in [4.78, 5) is 0. The van der Waals surface area contributed by atoms with Gasteiger partial charge < -0.3 is 4.74 Å². The van der Waals surface area contributed by atoms with Crippen LogP contribution >= 0.6 is 0 Å². The fourth-order valence-electron chi connectivity index (χ4n) is 2.20. The Hall–Kier alpha value is -0.820. The minimum absolute atomic E-state index is 0.0212. The zero-order chi connectivity index (χ0) is 10.0. The topological polar surface area (TPSA) is 9.23 Å².